The first-order chi connectivity index (χ1) is 20.6. The van der Waals surface area contributed by atoms with Gasteiger partial charge >= 0.3 is 12.4 Å². The fourth-order valence-electron chi connectivity index (χ4n) is 5.63. The van der Waals surface area contributed by atoms with Crippen molar-refractivity contribution in [3.05, 3.63) is 76.7 Å². The van der Waals surface area contributed by atoms with Crippen LogP contribution in [-0.4, -0.2) is 51.0 Å². The van der Waals surface area contributed by atoms with E-state index in [1.54, 1.807) is 13.0 Å². The number of anilines is 2. The second kappa shape index (κ2) is 11.9. The van der Waals surface area contributed by atoms with Gasteiger partial charge in [-0.05, 0) is 86.7 Å². The summed E-state index contributed by atoms with van der Waals surface area (Å²) in [6.45, 7) is 4.60. The molecular formula is C31H32F7N3O3S. The monoisotopic (exact) mass is 659 g/mol. The van der Waals surface area contributed by atoms with Crippen molar-refractivity contribution in [2.45, 2.75) is 57.4 Å². The zero-order chi connectivity index (χ0) is 33.7. The van der Waals surface area contributed by atoms with Gasteiger partial charge in [-0.2, -0.15) is 26.3 Å². The summed E-state index contributed by atoms with van der Waals surface area (Å²) < 4.78 is 120. The molecule has 45 heavy (non-hydrogen) atoms. The third-order valence-electron chi connectivity index (χ3n) is 8.02. The molecule has 0 aliphatic carbocycles. The number of likely N-dealkylation sites (N-methyl/N-ethyl adjacent to an activating group) is 1. The van der Waals surface area contributed by atoms with Crippen molar-refractivity contribution in [2.24, 2.45) is 0 Å². The first-order valence-corrected chi connectivity index (χ1v) is 15.9. The predicted octanol–water partition coefficient (Wildman–Crippen LogP) is 7.19. The highest BCUT2D eigenvalue weighted by Crippen LogP contribution is 2.41. The Balaban J connectivity index is 1.83. The minimum absolute atomic E-state index is 0.00122. The van der Waals surface area contributed by atoms with E-state index in [1.807, 2.05) is 4.90 Å². The predicted molar refractivity (Wildman–Crippen MR) is 157 cm³/mol. The number of sulfone groups is 1. The number of hydrogen-bond acceptors (Lipinski definition) is 5. The van der Waals surface area contributed by atoms with Crippen molar-refractivity contribution in [1.82, 2.24) is 4.98 Å². The zero-order valence-electron chi connectivity index (χ0n) is 25.1. The van der Waals surface area contributed by atoms with Crippen LogP contribution in [0.5, 0.6) is 0 Å². The quantitative estimate of drug-likeness (QED) is 0.251. The first-order valence-electron chi connectivity index (χ1n) is 13.9. The molecule has 1 aliphatic rings. The molecule has 3 aromatic rings. The highest BCUT2D eigenvalue weighted by Gasteiger charge is 2.41. The summed E-state index contributed by atoms with van der Waals surface area (Å²) in [6, 6.07) is 6.29. The maximum atomic E-state index is 14.1. The first kappa shape index (κ1) is 34.2. The van der Waals surface area contributed by atoms with Gasteiger partial charge in [0.1, 0.15) is 21.5 Å². The van der Waals surface area contributed by atoms with Crippen LogP contribution in [0.4, 0.5) is 42.2 Å². The maximum absolute atomic E-state index is 14.1. The van der Waals surface area contributed by atoms with Crippen molar-refractivity contribution >= 4 is 27.2 Å². The van der Waals surface area contributed by atoms with Crippen LogP contribution >= 0.6 is 0 Å². The number of benzene rings is 2. The van der Waals surface area contributed by atoms with Gasteiger partial charge < -0.3 is 9.80 Å². The van der Waals surface area contributed by atoms with Gasteiger partial charge in [0.2, 0.25) is 5.91 Å². The smallest absolute Gasteiger partial charge is 0.353 e. The molecule has 0 N–H and O–H groups in total. The zero-order valence-corrected chi connectivity index (χ0v) is 26.0. The van der Waals surface area contributed by atoms with Crippen LogP contribution in [0.3, 0.4) is 0 Å². The lowest BCUT2D eigenvalue weighted by Gasteiger charge is -2.32. The Labute approximate surface area is 256 Å². The number of carbonyl (C=O) groups is 1. The number of rotatable bonds is 7. The second-order valence-electron chi connectivity index (χ2n) is 11.9. The minimum atomic E-state index is -5.10. The van der Waals surface area contributed by atoms with E-state index in [2.05, 4.69) is 4.98 Å². The Kier molecular flexibility index (Phi) is 9.06. The van der Waals surface area contributed by atoms with Crippen LogP contribution < -0.4 is 9.80 Å². The summed E-state index contributed by atoms with van der Waals surface area (Å²) in [5, 5.41) is 0. The number of alkyl halides is 6. The summed E-state index contributed by atoms with van der Waals surface area (Å²) in [4.78, 5) is 21.4. The molecule has 6 nitrogen and oxygen atoms in total. The SMILES string of the molecule is Cc1cc(F)ccc1-c1cc(N2CCCC2CS(C)(=O)=O)ncc1N(C)C(=O)C(C)(C)c1cc(C(F)(F)F)cc(C(F)(F)F)c1. The molecule has 0 radical (unpaired) electrons. The minimum Gasteiger partial charge on any atom is -0.353 e. The van der Waals surface area contributed by atoms with Gasteiger partial charge in [-0.15, -0.1) is 0 Å². The summed E-state index contributed by atoms with van der Waals surface area (Å²) in [6.07, 6.45) is -6.41. The van der Waals surface area contributed by atoms with Crippen molar-refractivity contribution in [3.8, 4) is 11.1 Å². The molecule has 1 aliphatic heterocycles. The average Bonchev–Trinajstić information content (AvgIpc) is 3.37. The normalized spacial score (nSPS) is 16.3. The Hall–Kier alpha value is -3.68. The average molecular weight is 660 g/mol. The Morgan fingerprint density at radius 1 is 0.956 bits per heavy atom. The summed E-state index contributed by atoms with van der Waals surface area (Å²) in [5.41, 5.74) is -3.94. The Morgan fingerprint density at radius 2 is 1.53 bits per heavy atom. The van der Waals surface area contributed by atoms with Crippen LogP contribution in [-0.2, 0) is 32.4 Å². The van der Waals surface area contributed by atoms with Crippen molar-refractivity contribution in [2.75, 3.05) is 35.4 Å². The van der Waals surface area contributed by atoms with Crippen molar-refractivity contribution in [3.63, 3.8) is 0 Å². The molecule has 0 bridgehead atoms. The molecule has 1 fully saturated rings. The van der Waals surface area contributed by atoms with Crippen molar-refractivity contribution < 1.29 is 43.9 Å². The van der Waals surface area contributed by atoms with E-state index in [4.69, 9.17) is 0 Å². The van der Waals surface area contributed by atoms with E-state index >= 15 is 0 Å². The number of carbonyl (C=O) groups excluding carboxylic acids is 1. The lowest BCUT2D eigenvalue weighted by molar-refractivity contribution is -0.143. The molecule has 2 heterocycles. The van der Waals surface area contributed by atoms with Gasteiger partial charge in [0.15, 0.2) is 0 Å². The number of aromatic nitrogens is 1. The molecule has 4 rings (SSSR count). The van der Waals surface area contributed by atoms with Crippen LogP contribution in [0.2, 0.25) is 0 Å². The largest absolute Gasteiger partial charge is 0.416 e. The molecule has 2 aromatic carbocycles. The molecular weight excluding hydrogens is 627 g/mol. The lowest BCUT2D eigenvalue weighted by atomic mass is 9.81. The van der Waals surface area contributed by atoms with E-state index in [0.717, 1.165) is 11.2 Å². The molecule has 0 saturated carbocycles. The van der Waals surface area contributed by atoms with E-state index in [0.29, 0.717) is 54.0 Å². The number of aryl methyl sites for hydroxylation is 1. The molecule has 1 amide bonds. The van der Waals surface area contributed by atoms with Crippen LogP contribution in [0, 0.1) is 12.7 Å². The standard InChI is InChI=1S/C31H32F7N3O3S/c1-18-11-22(32)8-9-24(18)25-15-27(41-10-6-7-23(41)17-45(5,43)44)39-16-26(25)40(4)28(42)29(2,3)19-12-20(30(33,34)35)14-21(13-19)31(36,37)38/h8-9,11-16,23H,6-7,10,17H2,1-5H3. The summed E-state index contributed by atoms with van der Waals surface area (Å²) >= 11 is 0. The Bertz CT molecular complexity index is 1690. The van der Waals surface area contributed by atoms with E-state index in [-0.39, 0.29) is 23.5 Å². The van der Waals surface area contributed by atoms with Crippen LogP contribution in [0.1, 0.15) is 48.9 Å². The van der Waals surface area contributed by atoms with E-state index in [1.165, 1.54) is 45.3 Å². The highest BCUT2D eigenvalue weighted by molar-refractivity contribution is 7.90. The fourth-order valence-corrected chi connectivity index (χ4v) is 6.68. The Morgan fingerprint density at radius 3 is 2.07 bits per heavy atom. The number of amides is 1. The van der Waals surface area contributed by atoms with Crippen molar-refractivity contribution in [1.29, 1.82) is 0 Å². The van der Waals surface area contributed by atoms with Gasteiger partial charge in [0.05, 0.1) is 34.2 Å². The molecule has 0 spiro atoms. The van der Waals surface area contributed by atoms with Gasteiger partial charge in [-0.25, -0.2) is 17.8 Å². The number of hydrogen-bond donors (Lipinski definition) is 0. The van der Waals surface area contributed by atoms with Gasteiger partial charge in [0, 0.05) is 31.5 Å². The lowest BCUT2D eigenvalue weighted by Crippen LogP contribution is -2.42. The highest BCUT2D eigenvalue weighted by atomic mass is 32.2. The summed E-state index contributed by atoms with van der Waals surface area (Å²) in [5.74, 6) is -1.06. The van der Waals surface area contributed by atoms with Crippen LogP contribution in [0.15, 0.2) is 48.7 Å². The van der Waals surface area contributed by atoms with E-state index in [9.17, 15) is 43.9 Å². The molecule has 244 valence electrons. The number of halogens is 7. The van der Waals surface area contributed by atoms with E-state index < -0.39 is 56.0 Å². The summed E-state index contributed by atoms with van der Waals surface area (Å²) in [7, 11) is -2.00. The molecule has 1 atom stereocenters. The third kappa shape index (κ3) is 7.42. The van der Waals surface area contributed by atoms with Gasteiger partial charge in [-0.1, -0.05) is 6.07 Å². The number of nitrogens with zero attached hydrogens (tertiary/aromatic N) is 3. The third-order valence-corrected chi connectivity index (χ3v) is 9.01. The number of pyridine rings is 1. The molecule has 14 heteroatoms. The van der Waals surface area contributed by atoms with Crippen LogP contribution in [0.25, 0.3) is 11.1 Å². The van der Waals surface area contributed by atoms with Gasteiger partial charge in [-0.3, -0.25) is 4.79 Å². The molecule has 1 aromatic heterocycles. The second-order valence-corrected chi connectivity index (χ2v) is 14.1. The fraction of sp³-hybridized carbons (Fsp3) is 0.419. The van der Waals surface area contributed by atoms with Gasteiger partial charge in [0.25, 0.3) is 0 Å². The molecule has 1 unspecified atom stereocenters. The topological polar surface area (TPSA) is 70.6 Å². The maximum Gasteiger partial charge on any atom is 0.416 e. The molecule has 1 saturated heterocycles.